The van der Waals surface area contributed by atoms with E-state index in [9.17, 15) is 13.7 Å². The summed E-state index contributed by atoms with van der Waals surface area (Å²) in [5.41, 5.74) is 9.83. The maximum absolute atomic E-state index is 14.5. The van der Waals surface area contributed by atoms with Crippen molar-refractivity contribution < 1.29 is 13.7 Å². The van der Waals surface area contributed by atoms with Crippen LogP contribution >= 0.6 is 21.4 Å². The van der Waals surface area contributed by atoms with Crippen molar-refractivity contribution >= 4 is 124 Å². The van der Waals surface area contributed by atoms with Crippen molar-refractivity contribution in [1.82, 2.24) is 14.5 Å². The van der Waals surface area contributed by atoms with Crippen LogP contribution in [0.25, 0.3) is 70.8 Å². The first-order valence-electron chi connectivity index (χ1n) is 37.8. The third kappa shape index (κ3) is 16.8. The van der Waals surface area contributed by atoms with Gasteiger partial charge in [0.1, 0.15) is 14.3 Å². The van der Waals surface area contributed by atoms with E-state index in [1.165, 1.54) is 49.4 Å². The fourth-order valence-electron chi connectivity index (χ4n) is 14.2. The predicted molar refractivity (Wildman–Crippen MR) is 474 cm³/mol. The molecule has 6 nitrogen and oxygen atoms in total. The van der Waals surface area contributed by atoms with E-state index in [2.05, 4.69) is 250 Å². The van der Waals surface area contributed by atoms with Crippen LogP contribution in [0.5, 0.6) is 0 Å². The molecule has 0 bridgehead atoms. The molecule has 0 amide bonds. The molecule has 0 aliphatic rings. The number of benzene rings is 13. The van der Waals surface area contributed by atoms with E-state index in [4.69, 9.17) is 4.98 Å². The molecule has 109 heavy (non-hydrogen) atoms. The second-order valence-corrected chi connectivity index (χ2v) is 43.2. The molecule has 13 aromatic carbocycles. The summed E-state index contributed by atoms with van der Waals surface area (Å²) in [7, 11) is -8.25. The first kappa shape index (κ1) is 78.3. The summed E-state index contributed by atoms with van der Waals surface area (Å²) in [6, 6.07) is 115. The van der Waals surface area contributed by atoms with Gasteiger partial charge in [-0.15, -0.1) is 0 Å². The minimum atomic E-state index is -2.93. The largest absolute Gasteiger partial charge is 0.313 e. The van der Waals surface area contributed by atoms with Gasteiger partial charge in [-0.3, -0.25) is 4.98 Å². The van der Waals surface area contributed by atoms with E-state index in [1.807, 2.05) is 209 Å². The number of hydrogen-bond donors (Lipinski definition) is 0. The van der Waals surface area contributed by atoms with Gasteiger partial charge in [0.2, 0.25) is 0 Å². The third-order valence-electron chi connectivity index (χ3n) is 20.4. The molecule has 0 N–H and O–H groups in total. The Morgan fingerprint density at radius 3 is 1.13 bits per heavy atom. The van der Waals surface area contributed by atoms with E-state index in [0.29, 0.717) is 0 Å². The molecule has 1 atom stereocenters. The van der Waals surface area contributed by atoms with Crippen LogP contribution < -0.4 is 37.1 Å². The highest BCUT2D eigenvalue weighted by atomic mass is 31.2. The Morgan fingerprint density at radius 2 is 0.633 bits per heavy atom. The standard InChI is InChI=1S/C26H25OP.C22H21N.C20H21OP.C16H16N2.C16H19OP/c1-26(2,3)22-16-14-21-19-25(17-15-20(21)18-22)28(27,23-10-6-4-7-11-23)24-12-8-5-9-13-24;1-22(2,3)16-9-8-10-17(15-16)23-20-13-6-4-11-18(20)19-12-5-7-14-21(19)23;1-20(2,3)22(21,18-11-5-4-6-12-18)19-14-13-16-9-7-8-10-17(16)15-19;1-16(2,3)13-9-8-12-7-6-11-5-4-10-17-14(11)15(12)18-13;1-16(2,3)18(17,14-10-6-4-7-11-14)15-12-8-5-9-13-15/h4-19H,1-3H3;4-15H,1-3H3;4-15H,1-3H3;4-10H,1-3H3;4-13H,1-3H3. The molecule has 0 radical (unpaired) electrons. The molecular weight excluding hydrogens is 1380 g/mol. The van der Waals surface area contributed by atoms with E-state index in [0.717, 1.165) is 75.4 Å². The van der Waals surface area contributed by atoms with Gasteiger partial charge in [-0.05, 0) is 92.0 Å². The van der Waals surface area contributed by atoms with Crippen molar-refractivity contribution in [3.8, 4) is 5.69 Å². The lowest BCUT2D eigenvalue weighted by atomic mass is 9.86. The van der Waals surface area contributed by atoms with Crippen LogP contribution in [-0.4, -0.2) is 24.8 Å². The summed E-state index contributed by atoms with van der Waals surface area (Å²) >= 11 is 0. The maximum Gasteiger partial charge on any atom is 0.171 e. The Balaban J connectivity index is 0.000000128. The lowest BCUT2D eigenvalue weighted by Gasteiger charge is -2.32. The Kier molecular flexibility index (Phi) is 23.0. The molecule has 0 saturated carbocycles. The highest BCUT2D eigenvalue weighted by molar-refractivity contribution is 7.85. The fourth-order valence-corrected chi connectivity index (χ4v) is 23.0. The number of nitrogens with zero attached hydrogens (tertiary/aromatic N) is 3. The van der Waals surface area contributed by atoms with Crippen LogP contribution in [0.15, 0.2) is 346 Å². The molecule has 3 aromatic heterocycles. The van der Waals surface area contributed by atoms with Crippen LogP contribution in [0.2, 0.25) is 0 Å². The SMILES string of the molecule is CC(C)(C)P(=O)(c1ccccc1)c1ccc2ccccc2c1.CC(C)(C)P(=O)(c1ccccc1)c1ccccc1.CC(C)(C)c1ccc2cc(P(=O)(c3ccccc3)c3ccccc3)ccc2c1.CC(C)(C)c1ccc2ccc3cccnc3c2n1.CC(C)(C)c1cccc(-n2c3ccccc3c3ccccc32)c1. The summed E-state index contributed by atoms with van der Waals surface area (Å²) in [6.07, 6.45) is 1.83. The number of pyridine rings is 2. The van der Waals surface area contributed by atoms with E-state index in [-0.39, 0.29) is 26.6 Å². The van der Waals surface area contributed by atoms with Gasteiger partial charge < -0.3 is 18.3 Å². The molecule has 1 unspecified atom stereocenters. The maximum atomic E-state index is 14.5. The number of fused-ring (bicyclic) bond motifs is 8. The molecule has 16 rings (SSSR count). The average molecular weight is 1490 g/mol. The normalized spacial score (nSPS) is 12.7. The highest BCUT2D eigenvalue weighted by Gasteiger charge is 2.41. The number of hydrogen-bond acceptors (Lipinski definition) is 5. The van der Waals surface area contributed by atoms with Crippen LogP contribution in [-0.2, 0) is 29.9 Å². The Labute approximate surface area is 646 Å². The minimum Gasteiger partial charge on any atom is -0.313 e. The number of para-hydroxylation sites is 2. The lowest BCUT2D eigenvalue weighted by molar-refractivity contribution is 0.563. The molecule has 16 aromatic rings. The summed E-state index contributed by atoms with van der Waals surface area (Å²) < 4.78 is 44.6. The first-order chi connectivity index (χ1) is 51.9. The van der Waals surface area contributed by atoms with Gasteiger partial charge in [-0.2, -0.15) is 0 Å². The van der Waals surface area contributed by atoms with E-state index < -0.39 is 21.4 Å². The second-order valence-electron chi connectivity index (χ2n) is 33.2. The average Bonchev–Trinajstić information content (AvgIpc) is 1.68. The van der Waals surface area contributed by atoms with Crippen LogP contribution in [0, 0.1) is 0 Å². The molecule has 0 spiro atoms. The molecular formula is C100H102N3O3P3. The van der Waals surface area contributed by atoms with Crippen LogP contribution in [0.1, 0.15) is 121 Å². The topological polar surface area (TPSA) is 81.9 Å². The number of aromatic nitrogens is 3. The van der Waals surface area contributed by atoms with Crippen LogP contribution in [0.4, 0.5) is 0 Å². The van der Waals surface area contributed by atoms with Gasteiger partial charge in [0, 0.05) is 92.0 Å². The predicted octanol–water partition coefficient (Wildman–Crippen LogP) is 24.7. The van der Waals surface area contributed by atoms with E-state index in [1.54, 1.807) is 0 Å². The summed E-state index contributed by atoms with van der Waals surface area (Å²) in [5, 5.41) is 15.3. The molecule has 0 aliphatic heterocycles. The van der Waals surface area contributed by atoms with Gasteiger partial charge in [-0.1, -0.05) is 395 Å². The highest BCUT2D eigenvalue weighted by Crippen LogP contribution is 2.57. The van der Waals surface area contributed by atoms with Gasteiger partial charge >= 0.3 is 0 Å². The summed E-state index contributed by atoms with van der Waals surface area (Å²) in [4.78, 5) is 9.28. The smallest absolute Gasteiger partial charge is 0.171 e. The Morgan fingerprint density at radius 1 is 0.266 bits per heavy atom. The van der Waals surface area contributed by atoms with Crippen molar-refractivity contribution in [2.45, 2.75) is 130 Å². The Bertz CT molecular complexity index is 5840. The minimum absolute atomic E-state index is 0.0606. The van der Waals surface area contributed by atoms with Crippen molar-refractivity contribution in [2.75, 3.05) is 0 Å². The zero-order chi connectivity index (χ0) is 77.6. The zero-order valence-corrected chi connectivity index (χ0v) is 68.5. The monoisotopic (exact) mass is 1490 g/mol. The van der Waals surface area contributed by atoms with Crippen molar-refractivity contribution in [2.24, 2.45) is 0 Å². The lowest BCUT2D eigenvalue weighted by Crippen LogP contribution is -2.30. The third-order valence-corrected chi connectivity index (χ3v) is 31.3. The van der Waals surface area contributed by atoms with Crippen molar-refractivity contribution in [1.29, 1.82) is 0 Å². The summed E-state index contributed by atoms with van der Waals surface area (Å²) in [6.45, 7) is 32.3. The molecule has 3 heterocycles. The quantitative estimate of drug-likeness (QED) is 0.112. The zero-order valence-electron chi connectivity index (χ0n) is 65.8. The molecule has 0 fully saturated rings. The fraction of sp³-hybridized carbons (Fsp3) is 0.200. The van der Waals surface area contributed by atoms with Gasteiger partial charge in [-0.25, -0.2) is 4.98 Å². The first-order valence-corrected chi connectivity index (χ1v) is 42.9. The molecule has 550 valence electrons. The molecule has 0 saturated heterocycles. The van der Waals surface area contributed by atoms with Crippen molar-refractivity contribution in [3.63, 3.8) is 0 Å². The van der Waals surface area contributed by atoms with Gasteiger partial charge in [0.25, 0.3) is 0 Å². The Hall–Kier alpha value is -10.3. The summed E-state index contributed by atoms with van der Waals surface area (Å²) in [5.74, 6) is 0. The molecule has 0 aliphatic carbocycles. The second kappa shape index (κ2) is 32.1. The number of rotatable bonds is 8. The van der Waals surface area contributed by atoms with Crippen LogP contribution in [0.3, 0.4) is 0 Å². The van der Waals surface area contributed by atoms with Crippen molar-refractivity contribution in [3.05, 3.63) is 363 Å². The van der Waals surface area contributed by atoms with E-state index >= 15 is 0 Å². The van der Waals surface area contributed by atoms with Gasteiger partial charge in [0.05, 0.1) is 22.1 Å². The van der Waals surface area contributed by atoms with Gasteiger partial charge in [0.15, 0.2) is 7.14 Å². The molecule has 9 heteroatoms.